The van der Waals surface area contributed by atoms with E-state index in [2.05, 4.69) is 15.0 Å². The zero-order valence-electron chi connectivity index (χ0n) is 16.4. The Kier molecular flexibility index (Phi) is 6.43. The Morgan fingerprint density at radius 1 is 1.18 bits per heavy atom. The Balaban J connectivity index is 1.60. The molecule has 28 heavy (non-hydrogen) atoms. The van der Waals surface area contributed by atoms with Gasteiger partial charge in [-0.25, -0.2) is 4.39 Å². The monoisotopic (exact) mass is 411 g/mol. The first-order chi connectivity index (χ1) is 13.3. The summed E-state index contributed by atoms with van der Waals surface area (Å²) in [6.45, 7) is 8.73. The average molecular weight is 412 g/mol. The average Bonchev–Trinajstić information content (AvgIpc) is 3.13. The van der Waals surface area contributed by atoms with E-state index in [9.17, 15) is 12.8 Å². The van der Waals surface area contributed by atoms with Crippen LogP contribution < -0.4 is 0 Å². The summed E-state index contributed by atoms with van der Waals surface area (Å²) in [5, 5.41) is 3.93. The number of hydrogen-bond acceptors (Lipinski definition) is 6. The van der Waals surface area contributed by atoms with Gasteiger partial charge in [0.1, 0.15) is 5.82 Å². The molecule has 0 aliphatic carbocycles. The van der Waals surface area contributed by atoms with E-state index in [1.165, 1.54) is 14.7 Å². The molecule has 1 aromatic heterocycles. The van der Waals surface area contributed by atoms with Crippen LogP contribution in [0.5, 0.6) is 0 Å². The lowest BCUT2D eigenvalue weighted by atomic mass is 10.1. The Morgan fingerprint density at radius 3 is 2.46 bits per heavy atom. The molecule has 154 valence electrons. The smallest absolute Gasteiger partial charge is 0.282 e. The molecule has 0 spiro atoms. The fourth-order valence-electron chi connectivity index (χ4n) is 3.19. The fraction of sp³-hybridized carbons (Fsp3) is 0.556. The predicted molar refractivity (Wildman–Crippen MR) is 103 cm³/mol. The molecule has 0 amide bonds. The number of rotatable bonds is 7. The molecule has 0 bridgehead atoms. The summed E-state index contributed by atoms with van der Waals surface area (Å²) in [7, 11) is -3.41. The predicted octanol–water partition coefficient (Wildman–Crippen LogP) is 1.89. The van der Waals surface area contributed by atoms with E-state index < -0.39 is 10.2 Å². The molecule has 2 aromatic rings. The van der Waals surface area contributed by atoms with Crippen molar-refractivity contribution in [1.29, 1.82) is 0 Å². The highest BCUT2D eigenvalue weighted by Gasteiger charge is 2.31. The van der Waals surface area contributed by atoms with Gasteiger partial charge in [-0.15, -0.1) is 0 Å². The van der Waals surface area contributed by atoms with E-state index in [0.29, 0.717) is 68.7 Å². The first-order valence-electron chi connectivity index (χ1n) is 9.41. The van der Waals surface area contributed by atoms with E-state index in [-0.39, 0.29) is 5.82 Å². The van der Waals surface area contributed by atoms with Crippen molar-refractivity contribution < 1.29 is 17.3 Å². The van der Waals surface area contributed by atoms with E-state index in [1.807, 2.05) is 13.8 Å². The third kappa shape index (κ3) is 4.40. The van der Waals surface area contributed by atoms with Gasteiger partial charge in [0.05, 0.1) is 6.54 Å². The molecule has 1 saturated heterocycles. The quantitative estimate of drug-likeness (QED) is 0.692. The first kappa shape index (κ1) is 20.8. The molecule has 0 saturated carbocycles. The summed E-state index contributed by atoms with van der Waals surface area (Å²) in [6.07, 6.45) is 0. The molecule has 10 heteroatoms. The fourth-order valence-corrected chi connectivity index (χ4v) is 4.80. The second-order valence-corrected chi connectivity index (χ2v) is 8.67. The van der Waals surface area contributed by atoms with E-state index in [4.69, 9.17) is 4.52 Å². The number of halogens is 1. The summed E-state index contributed by atoms with van der Waals surface area (Å²) in [6, 6.07) is 4.82. The van der Waals surface area contributed by atoms with Crippen molar-refractivity contribution in [3.63, 3.8) is 0 Å². The highest BCUT2D eigenvalue weighted by atomic mass is 32.2. The molecule has 1 fully saturated rings. The molecule has 1 aromatic carbocycles. The third-order valence-electron chi connectivity index (χ3n) is 4.95. The molecule has 2 heterocycles. The standard InChI is InChI=1S/C18H26FN5O3S/c1-4-23(5-2)28(25,26)24-10-8-22(9-11-24)13-17-20-18(21-27-17)15-7-6-14(3)16(19)12-15/h6-7,12H,4-5,8-11,13H2,1-3H3. The number of aromatic nitrogens is 2. The molecule has 0 atom stereocenters. The van der Waals surface area contributed by atoms with Gasteiger partial charge in [0, 0.05) is 44.8 Å². The number of nitrogens with zero attached hydrogens (tertiary/aromatic N) is 5. The normalized spacial score (nSPS) is 16.8. The first-order valence-corrected chi connectivity index (χ1v) is 10.8. The maximum atomic E-state index is 13.7. The van der Waals surface area contributed by atoms with Crippen molar-refractivity contribution >= 4 is 10.2 Å². The van der Waals surface area contributed by atoms with Crippen LogP contribution in [0.2, 0.25) is 0 Å². The van der Waals surface area contributed by atoms with Gasteiger partial charge in [0.2, 0.25) is 11.7 Å². The third-order valence-corrected chi connectivity index (χ3v) is 7.13. The molecule has 3 rings (SSSR count). The van der Waals surface area contributed by atoms with Crippen LogP contribution in [0.1, 0.15) is 25.3 Å². The zero-order chi connectivity index (χ0) is 20.3. The summed E-state index contributed by atoms with van der Waals surface area (Å²) in [5.74, 6) is 0.460. The largest absolute Gasteiger partial charge is 0.338 e. The molecule has 0 N–H and O–H groups in total. The lowest BCUT2D eigenvalue weighted by molar-refractivity contribution is 0.158. The van der Waals surface area contributed by atoms with E-state index in [0.717, 1.165) is 0 Å². The summed E-state index contributed by atoms with van der Waals surface area (Å²) in [5.41, 5.74) is 1.12. The summed E-state index contributed by atoms with van der Waals surface area (Å²) >= 11 is 0. The minimum Gasteiger partial charge on any atom is -0.338 e. The van der Waals surface area contributed by atoms with Gasteiger partial charge >= 0.3 is 0 Å². The van der Waals surface area contributed by atoms with Gasteiger partial charge in [0.15, 0.2) is 0 Å². The Morgan fingerprint density at radius 2 is 1.86 bits per heavy atom. The van der Waals surface area contributed by atoms with Crippen molar-refractivity contribution in [2.45, 2.75) is 27.3 Å². The molecule has 1 aliphatic rings. The summed E-state index contributed by atoms with van der Waals surface area (Å²) < 4.78 is 47.2. The molecule has 1 aliphatic heterocycles. The molecular weight excluding hydrogens is 385 g/mol. The van der Waals surface area contributed by atoms with Gasteiger partial charge < -0.3 is 4.52 Å². The Labute approximate surface area is 165 Å². The van der Waals surface area contributed by atoms with Gasteiger partial charge in [-0.05, 0) is 18.6 Å². The van der Waals surface area contributed by atoms with Crippen molar-refractivity contribution in [3.8, 4) is 11.4 Å². The maximum Gasteiger partial charge on any atom is 0.282 e. The van der Waals surface area contributed by atoms with Crippen LogP contribution in [0.15, 0.2) is 22.7 Å². The topological polar surface area (TPSA) is 82.8 Å². The van der Waals surface area contributed by atoms with E-state index in [1.54, 1.807) is 19.1 Å². The maximum absolute atomic E-state index is 13.7. The van der Waals surface area contributed by atoms with E-state index >= 15 is 0 Å². The second-order valence-electron chi connectivity index (χ2n) is 6.74. The lowest BCUT2D eigenvalue weighted by Crippen LogP contribution is -2.52. The highest BCUT2D eigenvalue weighted by molar-refractivity contribution is 7.86. The minimum atomic E-state index is -3.41. The second kappa shape index (κ2) is 8.64. The molecule has 0 radical (unpaired) electrons. The van der Waals surface area contributed by atoms with Crippen LogP contribution in [-0.4, -0.2) is 71.3 Å². The number of hydrogen-bond donors (Lipinski definition) is 0. The van der Waals surface area contributed by atoms with Crippen LogP contribution in [0.3, 0.4) is 0 Å². The minimum absolute atomic E-state index is 0.311. The zero-order valence-corrected chi connectivity index (χ0v) is 17.2. The number of piperazine rings is 1. The van der Waals surface area contributed by atoms with Crippen molar-refractivity contribution in [2.75, 3.05) is 39.3 Å². The van der Waals surface area contributed by atoms with Crippen LogP contribution in [0.25, 0.3) is 11.4 Å². The lowest BCUT2D eigenvalue weighted by Gasteiger charge is -2.35. The van der Waals surface area contributed by atoms with Gasteiger partial charge in [-0.1, -0.05) is 31.1 Å². The van der Waals surface area contributed by atoms with Crippen LogP contribution >= 0.6 is 0 Å². The Bertz CT molecular complexity index is 906. The van der Waals surface area contributed by atoms with Crippen LogP contribution in [-0.2, 0) is 16.8 Å². The number of benzene rings is 1. The van der Waals surface area contributed by atoms with Crippen molar-refractivity contribution in [2.24, 2.45) is 0 Å². The highest BCUT2D eigenvalue weighted by Crippen LogP contribution is 2.20. The summed E-state index contributed by atoms with van der Waals surface area (Å²) in [4.78, 5) is 6.41. The van der Waals surface area contributed by atoms with Gasteiger partial charge in [-0.3, -0.25) is 4.90 Å². The van der Waals surface area contributed by atoms with Gasteiger partial charge in [-0.2, -0.15) is 22.0 Å². The van der Waals surface area contributed by atoms with Crippen molar-refractivity contribution in [1.82, 2.24) is 23.7 Å². The Hall–Kier alpha value is -1.88. The molecule has 0 unspecified atom stereocenters. The SMILES string of the molecule is CCN(CC)S(=O)(=O)N1CCN(Cc2nc(-c3ccc(C)c(F)c3)no2)CC1. The van der Waals surface area contributed by atoms with Gasteiger partial charge in [0.25, 0.3) is 10.2 Å². The number of aryl methyl sites for hydroxylation is 1. The molecule has 8 nitrogen and oxygen atoms in total. The molecular formula is C18H26FN5O3S. The van der Waals surface area contributed by atoms with Crippen LogP contribution in [0.4, 0.5) is 4.39 Å². The van der Waals surface area contributed by atoms with Crippen LogP contribution in [0, 0.1) is 12.7 Å². The van der Waals surface area contributed by atoms with Crippen molar-refractivity contribution in [3.05, 3.63) is 35.5 Å².